The molecule has 0 radical (unpaired) electrons. The Morgan fingerprint density at radius 3 is 2.52 bits per heavy atom. The van der Waals surface area contributed by atoms with Crippen LogP contribution >= 0.6 is 23.0 Å². The molecule has 0 atom stereocenters. The van der Waals surface area contributed by atoms with Crippen molar-refractivity contribution in [1.29, 1.82) is 0 Å². The molecule has 3 rings (SSSR count). The van der Waals surface area contributed by atoms with E-state index in [1.165, 1.54) is 30.3 Å². The second-order valence-corrected chi connectivity index (χ2v) is 10.4. The highest BCUT2D eigenvalue weighted by Crippen LogP contribution is 2.24. The molecule has 2 N–H and O–H groups in total. The van der Waals surface area contributed by atoms with E-state index in [4.69, 9.17) is 16.6 Å². The Morgan fingerprint density at radius 2 is 1.83 bits per heavy atom. The summed E-state index contributed by atoms with van der Waals surface area (Å²) in [5, 5.41) is 5.76. The lowest BCUT2D eigenvalue weighted by Gasteiger charge is -2.10. The molecule has 0 bridgehead atoms. The lowest BCUT2D eigenvalue weighted by molar-refractivity contribution is 0.0974. The van der Waals surface area contributed by atoms with Crippen molar-refractivity contribution in [1.82, 2.24) is 5.32 Å². The molecule has 1 aromatic heterocycles. The van der Waals surface area contributed by atoms with Gasteiger partial charge in [-0.3, -0.25) is 10.1 Å². The highest BCUT2D eigenvalue weighted by atomic mass is 33.1. The highest BCUT2D eigenvalue weighted by Gasteiger charge is 2.16. The molecule has 0 saturated carbocycles. The summed E-state index contributed by atoms with van der Waals surface area (Å²) < 4.78 is 29.2. The molecule has 0 aliphatic heterocycles. The molecule has 0 aliphatic rings. The second kappa shape index (κ2) is 8.76. The molecule has 2 aromatic carbocycles. The predicted octanol–water partition coefficient (Wildman–Crippen LogP) is 3.36. The van der Waals surface area contributed by atoms with Crippen LogP contribution in [-0.4, -0.2) is 25.2 Å². The number of rotatable bonds is 5. The van der Waals surface area contributed by atoms with Crippen molar-refractivity contribution in [3.63, 3.8) is 0 Å². The molecule has 29 heavy (non-hydrogen) atoms. The van der Waals surface area contributed by atoms with Gasteiger partial charge in [-0.05, 0) is 59.4 Å². The van der Waals surface area contributed by atoms with Gasteiger partial charge in [0.05, 0.1) is 4.90 Å². The fourth-order valence-corrected chi connectivity index (χ4v) is 5.28. The van der Waals surface area contributed by atoms with Gasteiger partial charge in [-0.2, -0.15) is 0 Å². The summed E-state index contributed by atoms with van der Waals surface area (Å²) in [5.74, 6) is -0.262. The minimum Gasteiger partial charge on any atom is -0.422 e. The third-order valence-corrected chi connectivity index (χ3v) is 7.60. The maximum absolute atomic E-state index is 12.4. The van der Waals surface area contributed by atoms with Gasteiger partial charge in [0, 0.05) is 16.8 Å². The molecule has 150 valence electrons. The summed E-state index contributed by atoms with van der Waals surface area (Å²) in [5.41, 5.74) is -0.0785. The highest BCUT2D eigenvalue weighted by molar-refractivity contribution is 8.72. The van der Waals surface area contributed by atoms with E-state index < -0.39 is 20.4 Å². The summed E-state index contributed by atoms with van der Waals surface area (Å²) in [6.45, 7) is 1.76. The number of carbonyl (C=O) groups excluding carboxylic acids is 1. The second-order valence-electron chi connectivity index (χ2n) is 5.78. The third kappa shape index (κ3) is 5.03. The number of carbonyl (C=O) groups is 1. The molecule has 7 nitrogen and oxygen atoms in total. The van der Waals surface area contributed by atoms with Crippen LogP contribution in [0.4, 0.5) is 5.69 Å². The van der Waals surface area contributed by atoms with Gasteiger partial charge in [-0.1, -0.05) is 25.1 Å². The number of anilines is 1. The van der Waals surface area contributed by atoms with E-state index in [2.05, 4.69) is 10.6 Å². The average molecular weight is 449 g/mol. The zero-order valence-electron chi connectivity index (χ0n) is 15.2. The van der Waals surface area contributed by atoms with Crippen LogP contribution in [0.25, 0.3) is 11.0 Å². The van der Waals surface area contributed by atoms with Crippen molar-refractivity contribution in [3.05, 3.63) is 70.6 Å². The molecule has 1 amide bonds. The molecule has 0 unspecified atom stereocenters. The lowest BCUT2D eigenvalue weighted by atomic mass is 10.2. The quantitative estimate of drug-likeness (QED) is 0.348. The molecule has 10 heteroatoms. The van der Waals surface area contributed by atoms with Gasteiger partial charge in [-0.25, -0.2) is 13.2 Å². The monoisotopic (exact) mass is 448 g/mol. The zero-order chi connectivity index (χ0) is 21.0. The number of thiocarbonyl (C=S) groups is 1. The van der Waals surface area contributed by atoms with Gasteiger partial charge < -0.3 is 9.73 Å². The van der Waals surface area contributed by atoms with Gasteiger partial charge >= 0.3 is 5.63 Å². The van der Waals surface area contributed by atoms with Crippen molar-refractivity contribution < 1.29 is 17.6 Å². The van der Waals surface area contributed by atoms with E-state index in [1.807, 2.05) is 0 Å². The molecule has 1 heterocycles. The van der Waals surface area contributed by atoms with Crippen LogP contribution in [0.1, 0.15) is 17.3 Å². The van der Waals surface area contributed by atoms with Gasteiger partial charge in [0.2, 0.25) is 8.87 Å². The number of nitrogens with one attached hydrogen (secondary N) is 2. The molecular formula is C19H16N2O5S3. The Labute approximate surface area is 175 Å². The standard InChI is InChI=1S/C19H16N2O5S3/c1-2-28-29(24,25)14-9-7-13(8-10-14)20-19(27)21-17(22)15-11-12-5-3-4-6-16(12)26-18(15)23/h3-11H,2H2,1H3,(H2,20,21,22,27). The van der Waals surface area contributed by atoms with Crippen molar-refractivity contribution in [2.24, 2.45) is 0 Å². The third-order valence-electron chi connectivity index (χ3n) is 3.79. The summed E-state index contributed by atoms with van der Waals surface area (Å²) >= 11 is 5.10. The number of hydrogen-bond donors (Lipinski definition) is 2. The SMILES string of the molecule is CCSS(=O)(=O)c1ccc(NC(=S)NC(=O)c2cc3ccccc3oc2=O)cc1. The fraction of sp³-hybridized carbons (Fsp3) is 0.105. The number of benzene rings is 2. The number of amides is 1. The smallest absolute Gasteiger partial charge is 0.349 e. The van der Waals surface area contributed by atoms with Crippen LogP contribution in [0.2, 0.25) is 0 Å². The Kier molecular flexibility index (Phi) is 6.36. The fourth-order valence-electron chi connectivity index (χ4n) is 2.48. The lowest BCUT2D eigenvalue weighted by Crippen LogP contribution is -2.36. The van der Waals surface area contributed by atoms with Gasteiger partial charge in [0.15, 0.2) is 5.11 Å². The molecule has 3 aromatic rings. The van der Waals surface area contributed by atoms with Crippen LogP contribution < -0.4 is 16.3 Å². The van der Waals surface area contributed by atoms with Crippen molar-refractivity contribution in [3.8, 4) is 0 Å². The first-order chi connectivity index (χ1) is 13.8. The molecular weight excluding hydrogens is 432 g/mol. The first kappa shape index (κ1) is 21.0. The normalized spacial score (nSPS) is 11.2. The summed E-state index contributed by atoms with van der Waals surface area (Å²) in [6.07, 6.45) is 0. The average Bonchev–Trinajstić information content (AvgIpc) is 2.67. The maximum atomic E-state index is 12.4. The first-order valence-corrected chi connectivity index (χ1v) is 11.8. The van der Waals surface area contributed by atoms with E-state index in [0.717, 1.165) is 10.8 Å². The minimum absolute atomic E-state index is 0.0406. The Balaban J connectivity index is 1.70. The summed E-state index contributed by atoms with van der Waals surface area (Å²) in [6, 6.07) is 14.2. The molecule has 0 spiro atoms. The van der Waals surface area contributed by atoms with Crippen molar-refractivity contribution in [2.75, 3.05) is 11.1 Å². The first-order valence-electron chi connectivity index (χ1n) is 8.45. The molecule has 0 fully saturated rings. The van der Waals surface area contributed by atoms with Crippen LogP contribution in [-0.2, 0) is 8.87 Å². The van der Waals surface area contributed by atoms with E-state index >= 15 is 0 Å². The van der Waals surface area contributed by atoms with Gasteiger partial charge in [0.1, 0.15) is 11.1 Å². The Bertz CT molecular complexity index is 1230. The van der Waals surface area contributed by atoms with E-state index in [-0.39, 0.29) is 15.6 Å². The van der Waals surface area contributed by atoms with Gasteiger partial charge in [0.25, 0.3) is 5.91 Å². The Hall–Kier alpha value is -2.69. The zero-order valence-corrected chi connectivity index (χ0v) is 17.6. The van der Waals surface area contributed by atoms with Crippen LogP contribution in [0.5, 0.6) is 0 Å². The van der Waals surface area contributed by atoms with Crippen molar-refractivity contribution >= 4 is 59.6 Å². The summed E-state index contributed by atoms with van der Waals surface area (Å²) in [4.78, 5) is 24.6. The van der Waals surface area contributed by atoms with Gasteiger partial charge in [-0.15, -0.1) is 0 Å². The number of para-hydroxylation sites is 1. The predicted molar refractivity (Wildman–Crippen MR) is 118 cm³/mol. The topological polar surface area (TPSA) is 105 Å². The number of hydrogen-bond acceptors (Lipinski definition) is 7. The van der Waals surface area contributed by atoms with Crippen LogP contribution in [0, 0.1) is 0 Å². The number of fused-ring (bicyclic) bond motifs is 1. The molecule has 0 saturated heterocycles. The minimum atomic E-state index is -3.39. The van der Waals surface area contributed by atoms with Crippen LogP contribution in [0.15, 0.2) is 68.7 Å². The van der Waals surface area contributed by atoms with Crippen LogP contribution in [0.3, 0.4) is 0 Å². The maximum Gasteiger partial charge on any atom is 0.349 e. The van der Waals surface area contributed by atoms with E-state index in [0.29, 0.717) is 22.4 Å². The van der Waals surface area contributed by atoms with Crippen molar-refractivity contribution in [2.45, 2.75) is 11.8 Å². The Morgan fingerprint density at radius 1 is 1.14 bits per heavy atom. The van der Waals surface area contributed by atoms with E-state index in [9.17, 15) is 18.0 Å². The largest absolute Gasteiger partial charge is 0.422 e. The molecule has 0 aliphatic carbocycles. The summed E-state index contributed by atoms with van der Waals surface area (Å²) in [7, 11) is -2.55. The van der Waals surface area contributed by atoms with E-state index in [1.54, 1.807) is 31.2 Å².